The van der Waals surface area contributed by atoms with E-state index in [1.54, 1.807) is 0 Å². The number of hydrogen-bond donors (Lipinski definition) is 1. The maximum absolute atomic E-state index is 9.49. The molecule has 21 heavy (non-hydrogen) atoms. The van der Waals surface area contributed by atoms with Crippen molar-refractivity contribution in [3.63, 3.8) is 0 Å². The molecule has 0 bridgehead atoms. The van der Waals surface area contributed by atoms with Crippen LogP contribution in [0.2, 0.25) is 0 Å². The van der Waals surface area contributed by atoms with Gasteiger partial charge in [0, 0.05) is 0 Å². The Balaban J connectivity index is 3.50. The monoisotopic (exact) mass is 298 g/mol. The molecule has 1 N–H and O–H groups in total. The first-order valence-electron chi connectivity index (χ1n) is 9.51. The summed E-state index contributed by atoms with van der Waals surface area (Å²) in [6.07, 6.45) is 12.0. The molecule has 4 unspecified atom stereocenters. The third-order valence-corrected chi connectivity index (χ3v) is 5.05. The van der Waals surface area contributed by atoms with E-state index in [0.717, 1.165) is 17.8 Å². The van der Waals surface area contributed by atoms with Crippen LogP contribution in [0, 0.1) is 23.7 Å². The van der Waals surface area contributed by atoms with Crippen molar-refractivity contribution in [2.24, 2.45) is 23.7 Å². The quantitative estimate of drug-likeness (QED) is 0.414. The SMILES string of the molecule is CC(C)CCCC(C)CCCC(C)CCCC(C)C(C)O. The molecule has 0 aliphatic carbocycles. The van der Waals surface area contributed by atoms with Crippen molar-refractivity contribution in [3.8, 4) is 0 Å². The minimum atomic E-state index is -0.146. The molecule has 0 radical (unpaired) electrons. The van der Waals surface area contributed by atoms with E-state index in [9.17, 15) is 5.11 Å². The van der Waals surface area contributed by atoms with E-state index in [1.165, 1.54) is 57.8 Å². The van der Waals surface area contributed by atoms with Crippen LogP contribution < -0.4 is 0 Å². The van der Waals surface area contributed by atoms with Gasteiger partial charge in [0.15, 0.2) is 0 Å². The lowest BCUT2D eigenvalue weighted by Gasteiger charge is -2.17. The average Bonchev–Trinajstić information content (AvgIpc) is 2.37. The van der Waals surface area contributed by atoms with Gasteiger partial charge in [0.05, 0.1) is 6.10 Å². The summed E-state index contributed by atoms with van der Waals surface area (Å²) in [5, 5.41) is 9.49. The number of rotatable bonds is 13. The molecular weight excluding hydrogens is 256 g/mol. The summed E-state index contributed by atoms with van der Waals surface area (Å²) in [4.78, 5) is 0. The molecule has 0 aromatic carbocycles. The summed E-state index contributed by atoms with van der Waals surface area (Å²) >= 11 is 0. The lowest BCUT2D eigenvalue weighted by Crippen LogP contribution is -2.13. The van der Waals surface area contributed by atoms with Crippen LogP contribution in [-0.2, 0) is 0 Å². The summed E-state index contributed by atoms with van der Waals surface area (Å²) in [7, 11) is 0. The van der Waals surface area contributed by atoms with Crippen LogP contribution in [0.1, 0.15) is 99.3 Å². The number of hydrogen-bond acceptors (Lipinski definition) is 1. The van der Waals surface area contributed by atoms with Crippen molar-refractivity contribution in [3.05, 3.63) is 0 Å². The molecule has 128 valence electrons. The van der Waals surface area contributed by atoms with Gasteiger partial charge in [-0.1, -0.05) is 86.0 Å². The van der Waals surface area contributed by atoms with Gasteiger partial charge in [0.2, 0.25) is 0 Å². The second kappa shape index (κ2) is 12.5. The average molecular weight is 299 g/mol. The molecule has 0 fully saturated rings. The molecule has 0 aliphatic heterocycles. The van der Waals surface area contributed by atoms with Crippen molar-refractivity contribution >= 4 is 0 Å². The van der Waals surface area contributed by atoms with Crippen molar-refractivity contribution in [1.82, 2.24) is 0 Å². The Kier molecular flexibility index (Phi) is 12.5. The highest BCUT2D eigenvalue weighted by molar-refractivity contribution is 4.62. The van der Waals surface area contributed by atoms with Crippen molar-refractivity contribution < 1.29 is 5.11 Å². The van der Waals surface area contributed by atoms with Gasteiger partial charge in [0.1, 0.15) is 0 Å². The largest absolute Gasteiger partial charge is 0.393 e. The standard InChI is InChI=1S/C20H42O/c1-16(2)10-7-11-17(3)12-8-13-18(4)14-9-15-19(5)20(6)21/h16-21H,7-15H2,1-6H3. The Labute approximate surface area is 134 Å². The fourth-order valence-corrected chi connectivity index (χ4v) is 3.01. The Morgan fingerprint density at radius 2 is 0.952 bits per heavy atom. The highest BCUT2D eigenvalue weighted by Gasteiger charge is 2.10. The smallest absolute Gasteiger partial charge is 0.0537 e. The predicted molar refractivity (Wildman–Crippen MR) is 95.6 cm³/mol. The predicted octanol–water partition coefficient (Wildman–Crippen LogP) is 6.44. The van der Waals surface area contributed by atoms with Gasteiger partial charge in [-0.05, 0) is 37.0 Å². The van der Waals surface area contributed by atoms with Crippen molar-refractivity contribution in [1.29, 1.82) is 0 Å². The third-order valence-electron chi connectivity index (χ3n) is 5.05. The molecule has 0 heterocycles. The molecule has 0 aromatic heterocycles. The minimum absolute atomic E-state index is 0.146. The van der Waals surface area contributed by atoms with Gasteiger partial charge in [0.25, 0.3) is 0 Å². The molecular formula is C20H42O. The van der Waals surface area contributed by atoms with E-state index in [-0.39, 0.29) is 6.10 Å². The van der Waals surface area contributed by atoms with E-state index >= 15 is 0 Å². The molecule has 4 atom stereocenters. The van der Waals surface area contributed by atoms with E-state index in [4.69, 9.17) is 0 Å². The highest BCUT2D eigenvalue weighted by atomic mass is 16.3. The Morgan fingerprint density at radius 3 is 1.33 bits per heavy atom. The van der Waals surface area contributed by atoms with Crippen LogP contribution in [0.25, 0.3) is 0 Å². The summed E-state index contributed by atoms with van der Waals surface area (Å²) in [5.74, 6) is 3.08. The van der Waals surface area contributed by atoms with E-state index in [0.29, 0.717) is 5.92 Å². The van der Waals surface area contributed by atoms with Crippen LogP contribution in [-0.4, -0.2) is 11.2 Å². The molecule has 0 spiro atoms. The molecule has 0 saturated heterocycles. The van der Waals surface area contributed by atoms with Gasteiger partial charge in [-0.25, -0.2) is 0 Å². The van der Waals surface area contributed by atoms with Gasteiger partial charge in [-0.15, -0.1) is 0 Å². The van der Waals surface area contributed by atoms with E-state index in [2.05, 4.69) is 34.6 Å². The topological polar surface area (TPSA) is 20.2 Å². The zero-order valence-corrected chi connectivity index (χ0v) is 15.7. The molecule has 0 aromatic rings. The van der Waals surface area contributed by atoms with E-state index < -0.39 is 0 Å². The first kappa shape index (κ1) is 21.0. The molecule has 0 aliphatic rings. The molecule has 0 saturated carbocycles. The number of aliphatic hydroxyl groups excluding tert-OH is 1. The van der Waals surface area contributed by atoms with Gasteiger partial charge in [-0.3, -0.25) is 0 Å². The summed E-state index contributed by atoms with van der Waals surface area (Å²) in [6.45, 7) is 13.5. The summed E-state index contributed by atoms with van der Waals surface area (Å²) in [5.41, 5.74) is 0. The maximum Gasteiger partial charge on any atom is 0.0537 e. The zero-order chi connectivity index (χ0) is 16.3. The Bertz CT molecular complexity index is 222. The van der Waals surface area contributed by atoms with Crippen LogP contribution in [0.15, 0.2) is 0 Å². The van der Waals surface area contributed by atoms with Gasteiger partial charge >= 0.3 is 0 Å². The Morgan fingerprint density at radius 1 is 0.571 bits per heavy atom. The van der Waals surface area contributed by atoms with Crippen LogP contribution in [0.4, 0.5) is 0 Å². The normalized spacial score (nSPS) is 17.7. The first-order chi connectivity index (χ1) is 9.82. The fourth-order valence-electron chi connectivity index (χ4n) is 3.01. The lowest BCUT2D eigenvalue weighted by molar-refractivity contribution is 0.127. The summed E-state index contributed by atoms with van der Waals surface area (Å²) in [6, 6.07) is 0. The Hall–Kier alpha value is -0.0400. The van der Waals surface area contributed by atoms with Crippen LogP contribution in [0.5, 0.6) is 0 Å². The fraction of sp³-hybridized carbons (Fsp3) is 1.00. The highest BCUT2D eigenvalue weighted by Crippen LogP contribution is 2.22. The second-order valence-corrected chi connectivity index (χ2v) is 8.11. The third kappa shape index (κ3) is 13.4. The van der Waals surface area contributed by atoms with Crippen LogP contribution >= 0.6 is 0 Å². The van der Waals surface area contributed by atoms with Gasteiger partial charge in [-0.2, -0.15) is 0 Å². The maximum atomic E-state index is 9.49. The summed E-state index contributed by atoms with van der Waals surface area (Å²) < 4.78 is 0. The van der Waals surface area contributed by atoms with Crippen molar-refractivity contribution in [2.45, 2.75) is 105 Å². The van der Waals surface area contributed by atoms with E-state index in [1.807, 2.05) is 6.92 Å². The first-order valence-corrected chi connectivity index (χ1v) is 9.51. The minimum Gasteiger partial charge on any atom is -0.393 e. The molecule has 1 heteroatoms. The lowest BCUT2D eigenvalue weighted by atomic mass is 9.90. The second-order valence-electron chi connectivity index (χ2n) is 8.11. The van der Waals surface area contributed by atoms with Gasteiger partial charge < -0.3 is 5.11 Å². The van der Waals surface area contributed by atoms with Crippen LogP contribution in [0.3, 0.4) is 0 Å². The van der Waals surface area contributed by atoms with Crippen molar-refractivity contribution in [2.75, 3.05) is 0 Å². The molecule has 1 nitrogen and oxygen atoms in total. The molecule has 0 amide bonds. The zero-order valence-electron chi connectivity index (χ0n) is 15.7. The number of aliphatic hydroxyl groups is 1. The molecule has 0 rings (SSSR count).